The summed E-state index contributed by atoms with van der Waals surface area (Å²) >= 11 is 0. The molecule has 5 amide bonds. The second-order valence-electron chi connectivity index (χ2n) is 22.6. The molecule has 0 bridgehead atoms. The summed E-state index contributed by atoms with van der Waals surface area (Å²) in [4.78, 5) is 80.0. The van der Waals surface area contributed by atoms with E-state index in [4.69, 9.17) is 23.7 Å². The Morgan fingerprint density at radius 2 is 0.618 bits per heavy atom. The minimum Gasteiger partial charge on any atom is -0.508 e. The van der Waals surface area contributed by atoms with Crippen molar-refractivity contribution in [3.63, 3.8) is 0 Å². The van der Waals surface area contributed by atoms with Gasteiger partial charge in [-0.2, -0.15) is 0 Å². The van der Waals surface area contributed by atoms with Crippen molar-refractivity contribution in [1.82, 2.24) is 39.6 Å². The van der Waals surface area contributed by atoms with E-state index in [1.807, 2.05) is 47.6 Å². The zero-order chi connectivity index (χ0) is 51.3. The fraction of sp³-hybridized carbons (Fsp3) is 0.776. The first kappa shape index (κ1) is 57.6. The lowest BCUT2D eigenvalue weighted by Gasteiger charge is -2.36. The summed E-state index contributed by atoms with van der Waals surface area (Å²) in [7, 11) is 0. The number of nitrogens with one attached hydrogen (secondary N) is 1. The van der Waals surface area contributed by atoms with Crippen LogP contribution in [-0.2, 0) is 36.8 Å². The molecule has 1 aromatic carbocycles. The number of nitrogens with zero attached hydrogens (tertiary/aromatic N) is 7. The molecule has 388 valence electrons. The van der Waals surface area contributed by atoms with Crippen molar-refractivity contribution in [2.24, 2.45) is 0 Å². The second-order valence-corrected chi connectivity index (χ2v) is 22.6. The molecule has 68 heavy (non-hydrogen) atoms. The van der Waals surface area contributed by atoms with Crippen LogP contribution < -0.4 is 5.32 Å². The van der Waals surface area contributed by atoms with Crippen LogP contribution in [-0.4, -0.2) is 203 Å². The van der Waals surface area contributed by atoms with E-state index in [9.17, 15) is 29.1 Å². The Kier molecular flexibility index (Phi) is 20.9. The van der Waals surface area contributed by atoms with Crippen molar-refractivity contribution >= 4 is 30.5 Å². The summed E-state index contributed by atoms with van der Waals surface area (Å²) in [5.41, 5.74) is -2.04. The predicted octanol–water partition coefficient (Wildman–Crippen LogP) is 6.80. The van der Waals surface area contributed by atoms with E-state index in [1.165, 1.54) is 4.90 Å². The summed E-state index contributed by atoms with van der Waals surface area (Å²) in [6.07, 6.45) is -2.42. The highest BCUT2D eigenvalue weighted by Gasteiger charge is 2.31. The number of rotatable bonds is 4. The van der Waals surface area contributed by atoms with Gasteiger partial charge in [0, 0.05) is 118 Å². The predicted molar refractivity (Wildman–Crippen MR) is 261 cm³/mol. The van der Waals surface area contributed by atoms with E-state index in [1.54, 1.807) is 94.0 Å². The van der Waals surface area contributed by atoms with Gasteiger partial charge in [-0.3, -0.25) is 9.80 Å². The van der Waals surface area contributed by atoms with Gasteiger partial charge >= 0.3 is 30.5 Å². The lowest BCUT2D eigenvalue weighted by atomic mass is 10.1. The lowest BCUT2D eigenvalue weighted by molar-refractivity contribution is 0.00448. The molecule has 19 nitrogen and oxygen atoms in total. The van der Waals surface area contributed by atoms with Crippen LogP contribution in [0.15, 0.2) is 18.2 Å². The van der Waals surface area contributed by atoms with Crippen LogP contribution in [0.4, 0.5) is 24.0 Å². The molecule has 0 aliphatic carbocycles. The maximum absolute atomic E-state index is 13.7. The number of carbonyl (C=O) groups is 5. The Balaban J connectivity index is 1.98. The number of benzene rings is 1. The van der Waals surface area contributed by atoms with Crippen molar-refractivity contribution in [2.75, 3.05) is 105 Å². The van der Waals surface area contributed by atoms with Crippen LogP contribution >= 0.6 is 0 Å². The van der Waals surface area contributed by atoms with Crippen molar-refractivity contribution in [3.05, 3.63) is 29.3 Å². The molecule has 3 rings (SSSR count). The lowest BCUT2D eigenvalue weighted by Crippen LogP contribution is -2.51. The van der Waals surface area contributed by atoms with Crippen molar-refractivity contribution < 1.29 is 52.8 Å². The molecule has 0 unspecified atom stereocenters. The summed E-state index contributed by atoms with van der Waals surface area (Å²) in [5, 5.41) is 14.6. The average molecular weight is 963 g/mol. The average Bonchev–Trinajstić information content (AvgIpc) is 3.13. The van der Waals surface area contributed by atoms with Gasteiger partial charge in [0.1, 0.15) is 33.8 Å². The Hall–Kier alpha value is -4.75. The van der Waals surface area contributed by atoms with Crippen molar-refractivity contribution in [1.29, 1.82) is 0 Å². The van der Waals surface area contributed by atoms with Gasteiger partial charge in [0.15, 0.2) is 0 Å². The van der Waals surface area contributed by atoms with Crippen LogP contribution in [0.1, 0.15) is 115 Å². The third-order valence-corrected chi connectivity index (χ3v) is 10.2. The number of hydrogen-bond acceptors (Lipinski definition) is 14. The number of hydrogen-bond donors (Lipinski definition) is 2. The second kappa shape index (κ2) is 24.7. The van der Waals surface area contributed by atoms with Crippen LogP contribution in [0.25, 0.3) is 0 Å². The molecule has 2 heterocycles. The summed E-state index contributed by atoms with van der Waals surface area (Å²) in [6, 6.07) is 5.43. The zero-order valence-electron chi connectivity index (χ0n) is 44.1. The topological polar surface area (TPSA) is 186 Å². The molecular formula is C49H86N8O11. The fourth-order valence-corrected chi connectivity index (χ4v) is 7.17. The summed E-state index contributed by atoms with van der Waals surface area (Å²) in [5.74, 6) is 0.0612. The molecule has 2 aliphatic heterocycles. The number of carbonyl (C=O) groups excluding carboxylic acids is 5. The van der Waals surface area contributed by atoms with Gasteiger partial charge in [-0.1, -0.05) is 6.07 Å². The summed E-state index contributed by atoms with van der Waals surface area (Å²) < 4.78 is 28.9. The molecule has 0 radical (unpaired) electrons. The smallest absolute Gasteiger partial charge is 0.410 e. The van der Waals surface area contributed by atoms with Crippen LogP contribution in [0.2, 0.25) is 0 Å². The molecule has 19 heteroatoms. The van der Waals surface area contributed by atoms with Gasteiger partial charge in [-0.05, 0) is 127 Å². The monoisotopic (exact) mass is 963 g/mol. The molecule has 2 aliphatic rings. The maximum Gasteiger partial charge on any atom is 0.410 e. The van der Waals surface area contributed by atoms with Gasteiger partial charge in [0.05, 0.1) is 0 Å². The highest BCUT2D eigenvalue weighted by Crippen LogP contribution is 2.22. The van der Waals surface area contributed by atoms with Crippen molar-refractivity contribution in [3.8, 4) is 5.75 Å². The Morgan fingerprint density at radius 3 is 0.853 bits per heavy atom. The SMILES string of the molecule is CC(C)(C)OC(=O)N1CCNCCN(C(=O)OC(C)(C)C)CCN(Cc2cc(O)cc(CN3CCN(C(=O)OC(C)(C)C)CCN(C(=O)OC(C)(C)C)CCN(C(=O)OC(C)(C)C)CC3)c2)CC1. The largest absolute Gasteiger partial charge is 0.508 e. The normalized spacial score (nSPS) is 18.0. The highest BCUT2D eigenvalue weighted by molar-refractivity contribution is 5.71. The number of phenolic OH excluding ortho intramolecular Hbond substituents is 1. The van der Waals surface area contributed by atoms with Crippen molar-refractivity contribution in [2.45, 2.75) is 145 Å². The van der Waals surface area contributed by atoms with E-state index in [2.05, 4.69) is 15.1 Å². The molecule has 0 saturated carbocycles. The van der Waals surface area contributed by atoms with E-state index < -0.39 is 58.5 Å². The first-order valence-electron chi connectivity index (χ1n) is 24.1. The highest BCUT2D eigenvalue weighted by atomic mass is 16.6. The minimum absolute atomic E-state index is 0.0612. The zero-order valence-corrected chi connectivity index (χ0v) is 44.1. The number of ether oxygens (including phenoxy) is 5. The molecule has 2 fully saturated rings. The van der Waals surface area contributed by atoms with Gasteiger partial charge in [0.25, 0.3) is 0 Å². The van der Waals surface area contributed by atoms with E-state index >= 15 is 0 Å². The Bertz CT molecular complexity index is 1730. The van der Waals surface area contributed by atoms with Gasteiger partial charge in [-0.15, -0.1) is 0 Å². The number of aromatic hydroxyl groups is 1. The third kappa shape index (κ3) is 23.0. The Labute approximate surface area is 406 Å². The van der Waals surface area contributed by atoms with Gasteiger partial charge < -0.3 is 58.6 Å². The first-order chi connectivity index (χ1) is 31.2. The standard InChI is InChI=1S/C49H86N8O11/c1-45(2,3)64-40(59)53-18-16-50-17-19-54(41(60)65-46(4,5)6)25-21-51(20-24-53)35-37-32-38(34-39(58)33-37)36-52-22-26-55(42(61)66-47(7,8)9)28-30-57(44(63)68-49(13,14)15)31-29-56(27-23-52)43(62)67-48(10,11)12/h32-34,50,58H,16-31,35-36H2,1-15H3. The number of phenols is 1. The first-order valence-corrected chi connectivity index (χ1v) is 24.1. The molecule has 0 aromatic heterocycles. The maximum atomic E-state index is 13.7. The number of amides is 5. The van der Waals surface area contributed by atoms with E-state index in [0.29, 0.717) is 78.5 Å². The molecule has 1 aromatic rings. The molecule has 2 saturated heterocycles. The van der Waals surface area contributed by atoms with Gasteiger partial charge in [0.2, 0.25) is 0 Å². The van der Waals surface area contributed by atoms with Gasteiger partial charge in [-0.25, -0.2) is 24.0 Å². The minimum atomic E-state index is -0.767. The molecule has 0 atom stereocenters. The van der Waals surface area contributed by atoms with E-state index in [-0.39, 0.29) is 45.0 Å². The third-order valence-electron chi connectivity index (χ3n) is 10.2. The summed E-state index contributed by atoms with van der Waals surface area (Å²) in [6.45, 7) is 33.1. The van der Waals surface area contributed by atoms with E-state index in [0.717, 1.165) is 11.1 Å². The molecule has 2 N–H and O–H groups in total. The Morgan fingerprint density at radius 1 is 0.397 bits per heavy atom. The molecular weight excluding hydrogens is 877 g/mol. The van der Waals surface area contributed by atoms with Crippen LogP contribution in [0.5, 0.6) is 5.75 Å². The van der Waals surface area contributed by atoms with Crippen LogP contribution in [0, 0.1) is 0 Å². The molecule has 0 spiro atoms. The van der Waals surface area contributed by atoms with Crippen LogP contribution in [0.3, 0.4) is 0 Å². The quantitative estimate of drug-likeness (QED) is 0.300. The fourth-order valence-electron chi connectivity index (χ4n) is 7.17.